The van der Waals surface area contributed by atoms with Gasteiger partial charge in [0, 0.05) is 31.1 Å². The van der Waals surface area contributed by atoms with Crippen LogP contribution in [0.1, 0.15) is 16.7 Å². The lowest BCUT2D eigenvalue weighted by Gasteiger charge is -2.11. The van der Waals surface area contributed by atoms with Gasteiger partial charge in [-0.15, -0.1) is 0 Å². The van der Waals surface area contributed by atoms with Crippen molar-refractivity contribution in [3.8, 4) is 11.5 Å². The van der Waals surface area contributed by atoms with Crippen LogP contribution in [0.5, 0.6) is 11.5 Å². The molecule has 4 rings (SSSR count). The van der Waals surface area contributed by atoms with E-state index in [-0.39, 0.29) is 0 Å². The first-order chi connectivity index (χ1) is 15.8. The summed E-state index contributed by atoms with van der Waals surface area (Å²) in [7, 11) is 0. The third-order valence-corrected chi connectivity index (χ3v) is 5.26. The van der Waals surface area contributed by atoms with E-state index in [4.69, 9.17) is 9.47 Å². The second kappa shape index (κ2) is 11.6. The van der Waals surface area contributed by atoms with E-state index in [2.05, 4.69) is 72.0 Å². The van der Waals surface area contributed by atoms with Gasteiger partial charge in [0.25, 0.3) is 0 Å². The van der Waals surface area contributed by atoms with Crippen LogP contribution in [0.2, 0.25) is 0 Å². The molecule has 0 saturated carbocycles. The number of benzene rings is 4. The normalized spacial score (nSPS) is 10.5. The minimum Gasteiger partial charge on any atom is -0.493 e. The lowest BCUT2D eigenvalue weighted by atomic mass is 10.2. The number of ether oxygens (including phenoxy) is 2. The Morgan fingerprint density at radius 2 is 1.09 bits per heavy atom. The molecule has 0 atom stereocenters. The fourth-order valence-corrected chi connectivity index (χ4v) is 3.47. The van der Waals surface area contributed by atoms with Crippen LogP contribution in [0.4, 0.5) is 5.69 Å². The summed E-state index contributed by atoms with van der Waals surface area (Å²) in [4.78, 5) is 0. The van der Waals surface area contributed by atoms with Crippen LogP contribution in [0.25, 0.3) is 0 Å². The first-order valence-corrected chi connectivity index (χ1v) is 11.1. The highest BCUT2D eigenvalue weighted by Crippen LogP contribution is 2.19. The molecule has 0 amide bonds. The molecule has 0 saturated heterocycles. The van der Waals surface area contributed by atoms with Gasteiger partial charge in [0.1, 0.15) is 11.5 Å². The summed E-state index contributed by atoms with van der Waals surface area (Å²) in [6, 6.07) is 37.2. The van der Waals surface area contributed by atoms with Crippen molar-refractivity contribution in [2.75, 3.05) is 18.5 Å². The molecular formula is C29H29NO2. The fourth-order valence-electron chi connectivity index (χ4n) is 3.47. The maximum Gasteiger partial charge on any atom is 0.121 e. The number of rotatable bonds is 11. The van der Waals surface area contributed by atoms with Gasteiger partial charge in [0.15, 0.2) is 0 Å². The van der Waals surface area contributed by atoms with Crippen LogP contribution in [0.15, 0.2) is 109 Å². The van der Waals surface area contributed by atoms with E-state index in [1.165, 1.54) is 16.7 Å². The highest BCUT2D eigenvalue weighted by Gasteiger charge is 2.00. The molecule has 3 heteroatoms. The van der Waals surface area contributed by atoms with Gasteiger partial charge in [-0.3, -0.25) is 0 Å². The van der Waals surface area contributed by atoms with Gasteiger partial charge >= 0.3 is 0 Å². The zero-order chi connectivity index (χ0) is 21.8. The minimum atomic E-state index is 0.666. The van der Waals surface area contributed by atoms with E-state index in [0.29, 0.717) is 13.2 Å². The van der Waals surface area contributed by atoms with Gasteiger partial charge < -0.3 is 14.8 Å². The second-order valence-corrected chi connectivity index (χ2v) is 7.69. The molecule has 0 unspecified atom stereocenters. The number of hydrogen-bond acceptors (Lipinski definition) is 3. The maximum absolute atomic E-state index is 5.93. The lowest BCUT2D eigenvalue weighted by molar-refractivity contribution is 0.322. The Balaban J connectivity index is 1.20. The number of hydrogen-bond donors (Lipinski definition) is 1. The number of anilines is 1. The Morgan fingerprint density at radius 1 is 0.500 bits per heavy atom. The van der Waals surface area contributed by atoms with Crippen molar-refractivity contribution in [2.45, 2.75) is 19.4 Å². The Hall–Kier alpha value is -3.72. The highest BCUT2D eigenvalue weighted by molar-refractivity contribution is 5.48. The van der Waals surface area contributed by atoms with Crippen molar-refractivity contribution < 1.29 is 9.47 Å². The van der Waals surface area contributed by atoms with Crippen LogP contribution < -0.4 is 14.8 Å². The first-order valence-electron chi connectivity index (χ1n) is 11.1. The van der Waals surface area contributed by atoms with Crippen LogP contribution in [0.3, 0.4) is 0 Å². The molecular weight excluding hydrogens is 394 g/mol. The van der Waals surface area contributed by atoms with E-state index in [1.54, 1.807) is 0 Å². The van der Waals surface area contributed by atoms with Gasteiger partial charge in [-0.1, -0.05) is 78.9 Å². The van der Waals surface area contributed by atoms with Gasteiger partial charge in [-0.25, -0.2) is 0 Å². The third-order valence-electron chi connectivity index (χ3n) is 5.26. The second-order valence-electron chi connectivity index (χ2n) is 7.69. The molecule has 0 radical (unpaired) electrons. The Labute approximate surface area is 190 Å². The molecule has 32 heavy (non-hydrogen) atoms. The van der Waals surface area contributed by atoms with E-state index < -0.39 is 0 Å². The average Bonchev–Trinajstić information content (AvgIpc) is 2.85. The molecule has 0 aliphatic heterocycles. The van der Waals surface area contributed by atoms with Gasteiger partial charge in [0.2, 0.25) is 0 Å². The van der Waals surface area contributed by atoms with Crippen molar-refractivity contribution >= 4 is 5.69 Å². The smallest absolute Gasteiger partial charge is 0.121 e. The quantitative estimate of drug-likeness (QED) is 0.297. The molecule has 162 valence electrons. The largest absolute Gasteiger partial charge is 0.493 e. The summed E-state index contributed by atoms with van der Waals surface area (Å²) in [6.07, 6.45) is 1.81. The summed E-state index contributed by atoms with van der Waals surface area (Å²) in [5, 5.41) is 3.47. The predicted molar refractivity (Wildman–Crippen MR) is 131 cm³/mol. The van der Waals surface area contributed by atoms with Gasteiger partial charge in [-0.2, -0.15) is 0 Å². The van der Waals surface area contributed by atoms with Crippen LogP contribution in [0, 0.1) is 0 Å². The average molecular weight is 424 g/mol. The zero-order valence-corrected chi connectivity index (χ0v) is 18.2. The molecule has 0 aliphatic carbocycles. The molecule has 0 spiro atoms. The minimum absolute atomic E-state index is 0.666. The topological polar surface area (TPSA) is 30.5 Å². The van der Waals surface area contributed by atoms with E-state index in [9.17, 15) is 0 Å². The predicted octanol–water partition coefficient (Wildman–Crippen LogP) is 6.54. The Bertz CT molecular complexity index is 1060. The molecule has 0 bridgehead atoms. The molecule has 3 nitrogen and oxygen atoms in total. The molecule has 1 N–H and O–H groups in total. The highest BCUT2D eigenvalue weighted by atomic mass is 16.5. The maximum atomic E-state index is 5.93. The van der Waals surface area contributed by atoms with Gasteiger partial charge in [0.05, 0.1) is 13.2 Å². The van der Waals surface area contributed by atoms with Crippen molar-refractivity contribution in [3.05, 3.63) is 126 Å². The number of nitrogens with one attached hydrogen (secondary N) is 1. The van der Waals surface area contributed by atoms with Crippen molar-refractivity contribution in [3.63, 3.8) is 0 Å². The molecule has 4 aromatic rings. The van der Waals surface area contributed by atoms with Crippen LogP contribution >= 0.6 is 0 Å². The first kappa shape index (κ1) is 21.5. The fraction of sp³-hybridized carbons (Fsp3) is 0.172. The monoisotopic (exact) mass is 423 g/mol. The molecule has 0 fully saturated rings. The summed E-state index contributed by atoms with van der Waals surface area (Å²) in [5.74, 6) is 1.78. The van der Waals surface area contributed by atoms with E-state index >= 15 is 0 Å². The summed E-state index contributed by atoms with van der Waals surface area (Å²) >= 11 is 0. The lowest BCUT2D eigenvalue weighted by Crippen LogP contribution is -2.03. The van der Waals surface area contributed by atoms with Crippen molar-refractivity contribution in [1.29, 1.82) is 0 Å². The Kier molecular flexibility index (Phi) is 7.81. The third kappa shape index (κ3) is 6.92. The standard InChI is InChI=1S/C29H29NO2/c1-3-8-24(9-4-1)18-20-31-28-16-14-26(15-17-28)23-30-27-12-7-13-29(22-27)32-21-19-25-10-5-2-6-11-25/h1-17,22,30H,18-21,23H2. The molecule has 0 aliphatic rings. The van der Waals surface area contributed by atoms with E-state index in [0.717, 1.165) is 36.6 Å². The van der Waals surface area contributed by atoms with Crippen LogP contribution in [-0.4, -0.2) is 13.2 Å². The summed E-state index contributed by atoms with van der Waals surface area (Å²) < 4.78 is 11.8. The molecule has 0 heterocycles. The zero-order valence-electron chi connectivity index (χ0n) is 18.2. The van der Waals surface area contributed by atoms with Crippen molar-refractivity contribution in [1.82, 2.24) is 0 Å². The van der Waals surface area contributed by atoms with Crippen LogP contribution in [-0.2, 0) is 19.4 Å². The SMILES string of the molecule is c1ccc(CCOc2ccc(CNc3cccc(OCCc4ccccc4)c3)cc2)cc1. The molecule has 4 aromatic carbocycles. The van der Waals surface area contributed by atoms with Gasteiger partial charge in [-0.05, 0) is 41.0 Å². The summed E-state index contributed by atoms with van der Waals surface area (Å²) in [6.45, 7) is 2.09. The van der Waals surface area contributed by atoms with Crippen molar-refractivity contribution in [2.24, 2.45) is 0 Å². The summed E-state index contributed by atoms with van der Waals surface area (Å²) in [5.41, 5.74) is 4.83. The van der Waals surface area contributed by atoms with E-state index in [1.807, 2.05) is 42.5 Å². The molecule has 0 aromatic heterocycles. The Morgan fingerprint density at radius 3 is 1.72 bits per heavy atom.